The molecule has 0 unspecified atom stereocenters. The van der Waals surface area contributed by atoms with Crippen LogP contribution in [0.25, 0.3) is 89.2 Å². The van der Waals surface area contributed by atoms with Crippen molar-refractivity contribution in [3.05, 3.63) is 205 Å². The summed E-state index contributed by atoms with van der Waals surface area (Å²) in [5.74, 6) is 0.725. The van der Waals surface area contributed by atoms with Gasteiger partial charge in [0.1, 0.15) is 0 Å². The van der Waals surface area contributed by atoms with Gasteiger partial charge in [-0.15, -0.1) is 0 Å². The molecule has 9 aromatic rings. The van der Waals surface area contributed by atoms with Crippen LogP contribution in [-0.2, 0) is 6.42 Å². The smallest absolute Gasteiger partial charge is 0.160 e. The van der Waals surface area contributed by atoms with Crippen LogP contribution in [0.1, 0.15) is 11.1 Å². The van der Waals surface area contributed by atoms with E-state index in [1.807, 2.05) is 24.3 Å². The third kappa shape index (κ3) is 5.71. The molecule has 0 spiro atoms. The van der Waals surface area contributed by atoms with Crippen LogP contribution in [0, 0.1) is 0 Å². The minimum atomic E-state index is 0.725. The molecule has 0 radical (unpaired) electrons. The number of benzene rings is 8. The van der Waals surface area contributed by atoms with E-state index in [-0.39, 0.29) is 0 Å². The molecule has 2 nitrogen and oxygen atoms in total. The molecule has 1 aliphatic carbocycles. The van der Waals surface area contributed by atoms with Gasteiger partial charge in [0, 0.05) is 16.7 Å². The molecule has 8 aromatic carbocycles. The lowest BCUT2D eigenvalue weighted by atomic mass is 9.87. The van der Waals surface area contributed by atoms with E-state index >= 15 is 0 Å². The van der Waals surface area contributed by atoms with E-state index in [2.05, 4.69) is 170 Å². The first-order chi connectivity index (χ1) is 26.2. The Kier molecular flexibility index (Phi) is 7.58. The van der Waals surface area contributed by atoms with E-state index in [1.54, 1.807) is 0 Å². The van der Waals surface area contributed by atoms with Gasteiger partial charge in [-0.25, -0.2) is 9.97 Å². The highest BCUT2D eigenvalue weighted by Crippen LogP contribution is 2.48. The third-order valence-corrected chi connectivity index (χ3v) is 10.5. The largest absolute Gasteiger partial charge is 0.228 e. The van der Waals surface area contributed by atoms with Crippen LogP contribution < -0.4 is 0 Å². The molecule has 0 aliphatic heterocycles. The van der Waals surface area contributed by atoms with Crippen molar-refractivity contribution in [1.82, 2.24) is 9.97 Å². The van der Waals surface area contributed by atoms with Crippen LogP contribution in [0.2, 0.25) is 0 Å². The molecular formula is C51H34N2. The lowest BCUT2D eigenvalue weighted by Crippen LogP contribution is -1.96. The number of aromatic nitrogens is 2. The van der Waals surface area contributed by atoms with Gasteiger partial charge in [0.2, 0.25) is 0 Å². The molecule has 53 heavy (non-hydrogen) atoms. The third-order valence-electron chi connectivity index (χ3n) is 10.5. The number of rotatable bonds is 6. The second-order valence-corrected chi connectivity index (χ2v) is 13.8. The summed E-state index contributed by atoms with van der Waals surface area (Å²) in [5, 5.41) is 2.52. The van der Waals surface area contributed by atoms with Gasteiger partial charge >= 0.3 is 0 Å². The van der Waals surface area contributed by atoms with E-state index in [0.717, 1.165) is 40.3 Å². The summed E-state index contributed by atoms with van der Waals surface area (Å²) in [7, 11) is 0. The van der Waals surface area contributed by atoms with Gasteiger partial charge < -0.3 is 0 Å². The quantitative estimate of drug-likeness (QED) is 0.175. The van der Waals surface area contributed by atoms with Gasteiger partial charge in [0.05, 0.1) is 11.4 Å². The Morgan fingerprint density at radius 2 is 0.868 bits per heavy atom. The molecule has 1 heterocycles. The fraction of sp³-hybridized carbons (Fsp3) is 0.0196. The number of hydrogen-bond donors (Lipinski definition) is 0. The van der Waals surface area contributed by atoms with Gasteiger partial charge in [0.15, 0.2) is 5.82 Å². The Bertz CT molecular complexity index is 2660. The maximum Gasteiger partial charge on any atom is 0.160 e. The van der Waals surface area contributed by atoms with E-state index in [4.69, 9.17) is 9.97 Å². The summed E-state index contributed by atoms with van der Waals surface area (Å²) in [6.07, 6.45) is 0.871. The average Bonchev–Trinajstić information content (AvgIpc) is 3.64. The fourth-order valence-corrected chi connectivity index (χ4v) is 7.90. The summed E-state index contributed by atoms with van der Waals surface area (Å²) in [6, 6.07) is 69.5. The zero-order chi connectivity index (χ0) is 35.1. The predicted molar refractivity (Wildman–Crippen MR) is 220 cm³/mol. The molecule has 248 valence electrons. The summed E-state index contributed by atoms with van der Waals surface area (Å²) in [4.78, 5) is 10.2. The Hall–Kier alpha value is -6.90. The monoisotopic (exact) mass is 674 g/mol. The maximum absolute atomic E-state index is 5.17. The van der Waals surface area contributed by atoms with Crippen LogP contribution in [0.3, 0.4) is 0 Å². The van der Waals surface area contributed by atoms with Gasteiger partial charge in [0.25, 0.3) is 0 Å². The number of hydrogen-bond acceptors (Lipinski definition) is 2. The van der Waals surface area contributed by atoms with Crippen molar-refractivity contribution in [2.75, 3.05) is 0 Å². The molecular weight excluding hydrogens is 641 g/mol. The molecule has 1 aromatic heterocycles. The fourth-order valence-electron chi connectivity index (χ4n) is 7.90. The molecule has 0 fully saturated rings. The summed E-state index contributed by atoms with van der Waals surface area (Å²) < 4.78 is 0. The van der Waals surface area contributed by atoms with Crippen molar-refractivity contribution in [3.63, 3.8) is 0 Å². The molecule has 0 saturated carbocycles. The van der Waals surface area contributed by atoms with E-state index in [1.165, 1.54) is 66.4 Å². The highest BCUT2D eigenvalue weighted by molar-refractivity contribution is 6.06. The number of fused-ring (bicyclic) bond motifs is 5. The highest BCUT2D eigenvalue weighted by Gasteiger charge is 2.26. The van der Waals surface area contributed by atoms with Gasteiger partial charge in [-0.2, -0.15) is 0 Å². The van der Waals surface area contributed by atoms with Crippen molar-refractivity contribution in [2.45, 2.75) is 6.42 Å². The summed E-state index contributed by atoms with van der Waals surface area (Å²) >= 11 is 0. The second-order valence-electron chi connectivity index (χ2n) is 13.8. The van der Waals surface area contributed by atoms with E-state index in [0.29, 0.717) is 0 Å². The van der Waals surface area contributed by atoms with Crippen LogP contribution in [0.4, 0.5) is 0 Å². The average molecular weight is 675 g/mol. The van der Waals surface area contributed by atoms with Crippen molar-refractivity contribution in [1.29, 1.82) is 0 Å². The van der Waals surface area contributed by atoms with Crippen LogP contribution in [-0.4, -0.2) is 9.97 Å². The lowest BCUT2D eigenvalue weighted by Gasteiger charge is -2.16. The topological polar surface area (TPSA) is 25.8 Å². The van der Waals surface area contributed by atoms with Crippen LogP contribution >= 0.6 is 0 Å². The Morgan fingerprint density at radius 1 is 0.340 bits per heavy atom. The summed E-state index contributed by atoms with van der Waals surface area (Å²) in [5.41, 5.74) is 17.7. The first-order valence-corrected chi connectivity index (χ1v) is 18.2. The Balaban J connectivity index is 1.17. The zero-order valence-electron chi connectivity index (χ0n) is 29.1. The van der Waals surface area contributed by atoms with Crippen molar-refractivity contribution >= 4 is 10.8 Å². The first-order valence-electron chi connectivity index (χ1n) is 18.2. The van der Waals surface area contributed by atoms with Gasteiger partial charge in [-0.05, 0) is 109 Å². The standard InChI is InChI=1S/C51H34N2/c1-5-15-34(16-6-1)41-27-42(35-17-7-2-8-18-35)29-43(28-41)45-30-38-23-13-14-24-44(38)50-46-32-40(26-25-39(46)31-47(45)50)49-33-48(36-19-9-3-10-20-36)52-51(53-49)37-21-11-4-12-22-37/h1-30,32-33H,31H2. The van der Waals surface area contributed by atoms with E-state index in [9.17, 15) is 0 Å². The molecule has 10 rings (SSSR count). The zero-order valence-corrected chi connectivity index (χ0v) is 29.1. The normalized spacial score (nSPS) is 11.7. The molecule has 0 N–H and O–H groups in total. The molecule has 1 aliphatic rings. The first kappa shape index (κ1) is 30.9. The Morgan fingerprint density at radius 3 is 1.51 bits per heavy atom. The molecule has 0 saturated heterocycles. The molecule has 0 atom stereocenters. The van der Waals surface area contributed by atoms with Gasteiger partial charge in [-0.3, -0.25) is 0 Å². The van der Waals surface area contributed by atoms with Crippen LogP contribution in [0.15, 0.2) is 194 Å². The minimum absolute atomic E-state index is 0.725. The van der Waals surface area contributed by atoms with Gasteiger partial charge in [-0.1, -0.05) is 158 Å². The minimum Gasteiger partial charge on any atom is -0.228 e. The Labute approximate surface area is 309 Å². The maximum atomic E-state index is 5.17. The SMILES string of the molecule is c1ccc(-c2cc(-c3ccccc3)cc(-c3cc4ccccc4c4c3Cc3ccc(-c5cc(-c6ccccc6)nc(-c6ccccc6)n5)cc3-4)c2)cc1. The molecule has 2 heteroatoms. The highest BCUT2D eigenvalue weighted by atomic mass is 14.9. The molecule has 0 amide bonds. The van der Waals surface area contributed by atoms with Crippen molar-refractivity contribution in [3.8, 4) is 78.4 Å². The van der Waals surface area contributed by atoms with Crippen molar-refractivity contribution in [2.24, 2.45) is 0 Å². The van der Waals surface area contributed by atoms with Crippen LogP contribution in [0.5, 0.6) is 0 Å². The van der Waals surface area contributed by atoms with Crippen molar-refractivity contribution < 1.29 is 0 Å². The molecule has 0 bridgehead atoms. The summed E-state index contributed by atoms with van der Waals surface area (Å²) in [6.45, 7) is 0. The predicted octanol–water partition coefficient (Wildman–Crippen LogP) is 13.2. The second kappa shape index (κ2) is 13.0. The lowest BCUT2D eigenvalue weighted by molar-refractivity contribution is 1.18. The number of nitrogens with zero attached hydrogens (tertiary/aromatic N) is 2. The van der Waals surface area contributed by atoms with E-state index < -0.39 is 0 Å².